The van der Waals surface area contributed by atoms with Crippen LogP contribution in [0.5, 0.6) is 0 Å². The lowest BCUT2D eigenvalue weighted by Gasteiger charge is -2.31. The van der Waals surface area contributed by atoms with Crippen LogP contribution in [0, 0.1) is 17.6 Å². The lowest BCUT2D eigenvalue weighted by atomic mass is 9.98. The van der Waals surface area contributed by atoms with Crippen molar-refractivity contribution in [2.75, 3.05) is 13.1 Å². The predicted molar refractivity (Wildman–Crippen MR) is 82.1 cm³/mol. The molecular weight excluding hydrogens is 270 g/mol. The quantitative estimate of drug-likeness (QED) is 0.914. The number of nitrogens with one attached hydrogen (secondary N) is 1. The highest BCUT2D eigenvalue weighted by atomic mass is 19.1. The van der Waals surface area contributed by atoms with Gasteiger partial charge in [0.25, 0.3) is 0 Å². The highest BCUT2D eigenvalue weighted by molar-refractivity contribution is 5.18. The van der Waals surface area contributed by atoms with E-state index in [9.17, 15) is 8.78 Å². The molecule has 1 saturated heterocycles. The van der Waals surface area contributed by atoms with E-state index in [2.05, 4.69) is 31.0 Å². The summed E-state index contributed by atoms with van der Waals surface area (Å²) in [6, 6.07) is 4.71. The number of benzene rings is 1. The monoisotopic (exact) mass is 296 g/mol. The summed E-state index contributed by atoms with van der Waals surface area (Å²) in [5, 5.41) is 3.61. The van der Waals surface area contributed by atoms with Crippen molar-refractivity contribution < 1.29 is 8.78 Å². The average Bonchev–Trinajstić information content (AvgIpc) is 2.63. The Hall–Kier alpha value is -1.00. The molecule has 0 amide bonds. The summed E-state index contributed by atoms with van der Waals surface area (Å²) in [7, 11) is 0. The van der Waals surface area contributed by atoms with Crippen LogP contribution >= 0.6 is 0 Å². The van der Waals surface area contributed by atoms with Gasteiger partial charge in [-0.15, -0.1) is 0 Å². The summed E-state index contributed by atoms with van der Waals surface area (Å²) in [6.07, 6.45) is 2.18. The Balaban J connectivity index is 2.11. The molecule has 3 unspecified atom stereocenters. The van der Waals surface area contributed by atoms with Crippen molar-refractivity contribution in [1.82, 2.24) is 10.2 Å². The van der Waals surface area contributed by atoms with Gasteiger partial charge in [-0.2, -0.15) is 0 Å². The molecule has 1 N–H and O–H groups in total. The molecule has 1 aromatic rings. The zero-order chi connectivity index (χ0) is 15.4. The minimum Gasteiger partial charge on any atom is -0.312 e. The molecule has 1 heterocycles. The van der Waals surface area contributed by atoms with Crippen molar-refractivity contribution in [3.63, 3.8) is 0 Å². The van der Waals surface area contributed by atoms with Gasteiger partial charge < -0.3 is 5.32 Å². The van der Waals surface area contributed by atoms with Gasteiger partial charge in [0, 0.05) is 36.8 Å². The van der Waals surface area contributed by atoms with Crippen molar-refractivity contribution in [1.29, 1.82) is 0 Å². The van der Waals surface area contributed by atoms with E-state index in [1.54, 1.807) is 6.07 Å². The minimum absolute atomic E-state index is 0.399. The maximum absolute atomic E-state index is 13.9. The summed E-state index contributed by atoms with van der Waals surface area (Å²) in [4.78, 5) is 2.31. The maximum atomic E-state index is 13.9. The van der Waals surface area contributed by atoms with Crippen LogP contribution < -0.4 is 5.32 Å². The van der Waals surface area contributed by atoms with Crippen molar-refractivity contribution in [3.05, 3.63) is 35.4 Å². The summed E-state index contributed by atoms with van der Waals surface area (Å²) < 4.78 is 26.9. The second-order valence-corrected chi connectivity index (χ2v) is 6.25. The molecule has 0 spiro atoms. The fraction of sp³-hybridized carbons (Fsp3) is 0.647. The number of hydrogen-bond donors (Lipinski definition) is 1. The molecule has 0 radical (unpaired) electrons. The van der Waals surface area contributed by atoms with E-state index in [1.165, 1.54) is 6.07 Å². The molecule has 0 bridgehead atoms. The summed E-state index contributed by atoms with van der Waals surface area (Å²) in [6.45, 7) is 9.09. The van der Waals surface area contributed by atoms with Crippen LogP contribution in [0.15, 0.2) is 18.2 Å². The highest BCUT2D eigenvalue weighted by Gasteiger charge is 2.26. The molecule has 3 atom stereocenters. The molecule has 2 rings (SSSR count). The number of hydrogen-bond acceptors (Lipinski definition) is 2. The fourth-order valence-electron chi connectivity index (χ4n) is 2.91. The molecule has 0 aromatic heterocycles. The molecule has 1 aliphatic heterocycles. The van der Waals surface area contributed by atoms with E-state index in [0.717, 1.165) is 32.0 Å². The van der Waals surface area contributed by atoms with Gasteiger partial charge in [-0.3, -0.25) is 4.90 Å². The van der Waals surface area contributed by atoms with Gasteiger partial charge in [0.1, 0.15) is 11.6 Å². The van der Waals surface area contributed by atoms with E-state index in [0.29, 0.717) is 30.1 Å². The second-order valence-electron chi connectivity index (χ2n) is 6.25. The Morgan fingerprint density at radius 3 is 2.81 bits per heavy atom. The Kier molecular flexibility index (Phi) is 5.71. The molecule has 1 fully saturated rings. The molecule has 0 aliphatic carbocycles. The number of rotatable bonds is 4. The Morgan fingerprint density at radius 2 is 2.14 bits per heavy atom. The molecule has 1 aromatic carbocycles. The Bertz CT molecular complexity index is 464. The van der Waals surface area contributed by atoms with E-state index in [1.807, 2.05) is 0 Å². The van der Waals surface area contributed by atoms with Gasteiger partial charge >= 0.3 is 0 Å². The highest BCUT2D eigenvalue weighted by Crippen LogP contribution is 2.20. The first-order valence-corrected chi connectivity index (χ1v) is 7.92. The van der Waals surface area contributed by atoms with E-state index in [-0.39, 0.29) is 0 Å². The third-order valence-electron chi connectivity index (χ3n) is 4.74. The molecule has 4 heteroatoms. The molecule has 1 aliphatic rings. The lowest BCUT2D eigenvalue weighted by molar-refractivity contribution is 0.178. The first kappa shape index (κ1) is 16.4. The minimum atomic E-state index is -0.515. The maximum Gasteiger partial charge on any atom is 0.130 e. The lowest BCUT2D eigenvalue weighted by Crippen LogP contribution is -2.43. The van der Waals surface area contributed by atoms with Crippen molar-refractivity contribution in [2.24, 2.45) is 5.92 Å². The molecule has 118 valence electrons. The summed E-state index contributed by atoms with van der Waals surface area (Å²) in [5.41, 5.74) is 0.577. The first-order chi connectivity index (χ1) is 10.0. The number of halogens is 2. The van der Waals surface area contributed by atoms with Crippen LogP contribution in [0.4, 0.5) is 8.78 Å². The summed E-state index contributed by atoms with van der Waals surface area (Å²) >= 11 is 0. The molecule has 21 heavy (non-hydrogen) atoms. The van der Waals surface area contributed by atoms with Crippen LogP contribution in [0.25, 0.3) is 0 Å². The normalized spacial score (nSPS) is 25.6. The predicted octanol–water partition coefficient (Wildman–Crippen LogP) is 3.56. The zero-order valence-electron chi connectivity index (χ0n) is 13.2. The van der Waals surface area contributed by atoms with Crippen molar-refractivity contribution >= 4 is 0 Å². The van der Waals surface area contributed by atoms with Crippen LogP contribution in [0.3, 0.4) is 0 Å². The summed E-state index contributed by atoms with van der Waals surface area (Å²) in [5.74, 6) is -0.366. The van der Waals surface area contributed by atoms with Gasteiger partial charge in [0.05, 0.1) is 0 Å². The number of nitrogens with zero attached hydrogens (tertiary/aromatic N) is 1. The van der Waals surface area contributed by atoms with Gasteiger partial charge in [0.2, 0.25) is 0 Å². The van der Waals surface area contributed by atoms with Gasteiger partial charge in [0.15, 0.2) is 0 Å². The van der Waals surface area contributed by atoms with E-state index < -0.39 is 11.6 Å². The van der Waals surface area contributed by atoms with Gasteiger partial charge in [-0.05, 0) is 31.9 Å². The molecule has 0 saturated carbocycles. The second kappa shape index (κ2) is 7.32. The van der Waals surface area contributed by atoms with E-state index >= 15 is 0 Å². The SMILES string of the molecule is CCC(C)C1CN(Cc2ccc(F)cc2F)C(C)CCN1. The fourth-order valence-corrected chi connectivity index (χ4v) is 2.91. The van der Waals surface area contributed by atoms with Crippen molar-refractivity contribution in [2.45, 2.75) is 52.2 Å². The van der Waals surface area contributed by atoms with Crippen LogP contribution in [0.1, 0.15) is 39.2 Å². The molecular formula is C17H26F2N2. The standard InChI is InChI=1S/C17H26F2N2/c1-4-12(2)17-11-21(13(3)7-8-20-17)10-14-5-6-15(18)9-16(14)19/h5-6,9,12-13,17,20H,4,7-8,10-11H2,1-3H3. The van der Waals surface area contributed by atoms with Gasteiger partial charge in [-0.1, -0.05) is 26.3 Å². The molecule has 2 nitrogen and oxygen atoms in total. The Labute approximate surface area is 126 Å². The van der Waals surface area contributed by atoms with E-state index in [4.69, 9.17) is 0 Å². The van der Waals surface area contributed by atoms with Crippen LogP contribution in [-0.2, 0) is 6.54 Å². The van der Waals surface area contributed by atoms with Crippen LogP contribution in [0.2, 0.25) is 0 Å². The van der Waals surface area contributed by atoms with Crippen LogP contribution in [-0.4, -0.2) is 30.1 Å². The first-order valence-electron chi connectivity index (χ1n) is 7.92. The van der Waals surface area contributed by atoms with Crippen molar-refractivity contribution in [3.8, 4) is 0 Å². The third kappa shape index (κ3) is 4.24. The Morgan fingerprint density at radius 1 is 1.38 bits per heavy atom. The van der Waals surface area contributed by atoms with Gasteiger partial charge in [-0.25, -0.2) is 8.78 Å². The third-order valence-corrected chi connectivity index (χ3v) is 4.74. The largest absolute Gasteiger partial charge is 0.312 e. The topological polar surface area (TPSA) is 15.3 Å². The zero-order valence-corrected chi connectivity index (χ0v) is 13.2. The smallest absolute Gasteiger partial charge is 0.130 e. The average molecular weight is 296 g/mol.